The van der Waals surface area contributed by atoms with Crippen LogP contribution >= 0.6 is 11.8 Å². The molecule has 0 bridgehead atoms. The lowest BCUT2D eigenvalue weighted by atomic mass is 9.70. The van der Waals surface area contributed by atoms with Gasteiger partial charge in [0.05, 0.1) is 25.4 Å². The number of piperidine rings is 1. The van der Waals surface area contributed by atoms with Crippen LogP contribution in [0.2, 0.25) is 0 Å². The number of amides is 1. The number of nitrogens with zero attached hydrogens (tertiary/aromatic N) is 1. The maximum atomic E-state index is 12.8. The molecular weight excluding hydrogens is 400 g/mol. The average molecular weight is 435 g/mol. The first-order valence-electron chi connectivity index (χ1n) is 10.9. The zero-order valence-electron chi connectivity index (χ0n) is 18.4. The first-order valence-corrected chi connectivity index (χ1v) is 12.3. The Morgan fingerprint density at radius 2 is 2.23 bits per heavy atom. The second kappa shape index (κ2) is 8.60. The molecule has 5 atom stereocenters. The molecule has 0 unspecified atom stereocenters. The van der Waals surface area contributed by atoms with Crippen molar-refractivity contribution >= 4 is 17.7 Å². The lowest BCUT2D eigenvalue weighted by Gasteiger charge is -2.53. The third kappa shape index (κ3) is 4.04. The summed E-state index contributed by atoms with van der Waals surface area (Å²) in [6.07, 6.45) is 4.80. The van der Waals surface area contributed by atoms with E-state index in [1.54, 1.807) is 18.9 Å². The van der Waals surface area contributed by atoms with E-state index >= 15 is 0 Å². The summed E-state index contributed by atoms with van der Waals surface area (Å²) in [4.78, 5) is 14.8. The number of fused-ring (bicyclic) bond motifs is 4. The van der Waals surface area contributed by atoms with Gasteiger partial charge in [0.15, 0.2) is 0 Å². The summed E-state index contributed by atoms with van der Waals surface area (Å²) < 4.78 is 18.5. The summed E-state index contributed by atoms with van der Waals surface area (Å²) in [5.41, 5.74) is 6.92. The second-order valence-corrected chi connectivity index (χ2v) is 10.3. The Balaban J connectivity index is 1.50. The minimum atomic E-state index is -0.400. The molecule has 2 N–H and O–H groups in total. The predicted molar refractivity (Wildman–Crippen MR) is 119 cm³/mol. The fraction of sp³-hybridized carbons (Fsp3) is 0.696. The number of hydrogen-bond acceptors (Lipinski definition) is 6. The van der Waals surface area contributed by atoms with Gasteiger partial charge in [-0.1, -0.05) is 0 Å². The topological polar surface area (TPSA) is 74.0 Å². The second-order valence-electron chi connectivity index (χ2n) is 9.27. The molecule has 166 valence electrons. The van der Waals surface area contributed by atoms with Crippen molar-refractivity contribution in [3.8, 4) is 11.5 Å². The Morgan fingerprint density at radius 3 is 2.97 bits per heavy atom. The van der Waals surface area contributed by atoms with Crippen molar-refractivity contribution in [3.05, 3.63) is 23.8 Å². The van der Waals surface area contributed by atoms with Crippen LogP contribution < -0.4 is 15.2 Å². The number of carbonyl (C=O) groups is 1. The molecule has 4 rings (SSSR count). The normalized spacial score (nSPS) is 30.4. The Labute approximate surface area is 183 Å². The highest BCUT2D eigenvalue weighted by Gasteiger charge is 2.51. The van der Waals surface area contributed by atoms with E-state index in [1.165, 1.54) is 0 Å². The van der Waals surface area contributed by atoms with Crippen LogP contribution in [0.3, 0.4) is 0 Å². The van der Waals surface area contributed by atoms with Crippen molar-refractivity contribution < 1.29 is 19.0 Å². The van der Waals surface area contributed by atoms with E-state index in [-0.39, 0.29) is 29.6 Å². The summed E-state index contributed by atoms with van der Waals surface area (Å²) in [7, 11) is 1.67. The van der Waals surface area contributed by atoms with Crippen molar-refractivity contribution in [1.29, 1.82) is 0 Å². The summed E-state index contributed by atoms with van der Waals surface area (Å²) in [6.45, 7) is 5.73. The van der Waals surface area contributed by atoms with Gasteiger partial charge in [0.1, 0.15) is 17.1 Å². The first-order chi connectivity index (χ1) is 14.3. The standard InChI is InChI=1S/C23H34N2O4S/c1-23(2)17-11-14-13-25(22(26)18(24)8-10-30-4)9-7-19(14)28-21(17)16-6-5-15(27-3)12-20(16)29-23/h5-6,12,14,17-19,21H,7-11,13,24H2,1-4H3/t14-,17+,18+,19+,21-/m1/s1. The Morgan fingerprint density at radius 1 is 1.43 bits per heavy atom. The minimum absolute atomic E-state index is 0.0157. The summed E-state index contributed by atoms with van der Waals surface area (Å²) in [5.74, 6) is 3.20. The largest absolute Gasteiger partial charge is 0.497 e. The number of likely N-dealkylation sites (tertiary alicyclic amines) is 1. The van der Waals surface area contributed by atoms with E-state index in [1.807, 2.05) is 23.3 Å². The Bertz CT molecular complexity index is 786. The van der Waals surface area contributed by atoms with E-state index in [4.69, 9.17) is 19.9 Å². The number of thioether (sulfide) groups is 1. The van der Waals surface area contributed by atoms with E-state index in [0.717, 1.165) is 55.2 Å². The monoisotopic (exact) mass is 434 g/mol. The molecule has 7 heteroatoms. The first kappa shape index (κ1) is 21.8. The number of ether oxygens (including phenoxy) is 3. The van der Waals surface area contributed by atoms with E-state index in [0.29, 0.717) is 5.92 Å². The molecule has 0 radical (unpaired) electrons. The van der Waals surface area contributed by atoms with E-state index < -0.39 is 6.04 Å². The minimum Gasteiger partial charge on any atom is -0.497 e. The van der Waals surface area contributed by atoms with Crippen LogP contribution in [0, 0.1) is 11.8 Å². The molecule has 0 aromatic heterocycles. The molecule has 3 aliphatic rings. The molecule has 3 heterocycles. The molecule has 1 amide bonds. The van der Waals surface area contributed by atoms with Gasteiger partial charge in [0.25, 0.3) is 0 Å². The SMILES string of the molecule is COc1ccc2c(c1)OC(C)(C)[C@H]1C[C@@H]3CN(C(=O)[C@@H](N)CCSC)CC[C@@H]3O[C@H]21. The van der Waals surface area contributed by atoms with Crippen LogP contribution in [0.25, 0.3) is 0 Å². The van der Waals surface area contributed by atoms with Crippen molar-refractivity contribution in [2.45, 2.75) is 57.0 Å². The van der Waals surface area contributed by atoms with Gasteiger partial charge >= 0.3 is 0 Å². The number of carbonyl (C=O) groups excluding carboxylic acids is 1. The third-order valence-electron chi connectivity index (χ3n) is 6.96. The van der Waals surface area contributed by atoms with Gasteiger partial charge in [0.2, 0.25) is 5.91 Å². The molecule has 1 aromatic rings. The number of methoxy groups -OCH3 is 1. The molecule has 0 saturated carbocycles. The van der Waals surface area contributed by atoms with Gasteiger partial charge in [0, 0.05) is 36.6 Å². The molecule has 0 aliphatic carbocycles. The van der Waals surface area contributed by atoms with Gasteiger partial charge < -0.3 is 24.8 Å². The zero-order chi connectivity index (χ0) is 21.5. The molecule has 30 heavy (non-hydrogen) atoms. The Kier molecular flexibility index (Phi) is 6.24. The highest BCUT2D eigenvalue weighted by Crippen LogP contribution is 2.53. The van der Waals surface area contributed by atoms with Crippen LogP contribution in [-0.4, -0.2) is 60.8 Å². The van der Waals surface area contributed by atoms with Gasteiger partial charge in [-0.3, -0.25) is 4.79 Å². The van der Waals surface area contributed by atoms with E-state index in [9.17, 15) is 4.79 Å². The third-order valence-corrected chi connectivity index (χ3v) is 7.61. The van der Waals surface area contributed by atoms with Gasteiger partial charge in [-0.25, -0.2) is 0 Å². The van der Waals surface area contributed by atoms with Crippen LogP contribution in [0.4, 0.5) is 0 Å². The van der Waals surface area contributed by atoms with Crippen LogP contribution in [-0.2, 0) is 9.53 Å². The quantitative estimate of drug-likeness (QED) is 0.767. The molecule has 6 nitrogen and oxygen atoms in total. The van der Waals surface area contributed by atoms with Gasteiger partial charge in [-0.05, 0) is 57.3 Å². The number of hydrogen-bond donors (Lipinski definition) is 1. The molecule has 1 aromatic carbocycles. The van der Waals surface area contributed by atoms with Gasteiger partial charge in [-0.2, -0.15) is 11.8 Å². The van der Waals surface area contributed by atoms with Crippen LogP contribution in [0.15, 0.2) is 18.2 Å². The fourth-order valence-electron chi connectivity index (χ4n) is 5.21. The van der Waals surface area contributed by atoms with Crippen molar-refractivity contribution in [2.75, 3.05) is 32.2 Å². The molecular formula is C23H34N2O4S. The van der Waals surface area contributed by atoms with Crippen LogP contribution in [0.1, 0.15) is 44.8 Å². The Hall–Kier alpha value is -1.44. The van der Waals surface area contributed by atoms with Crippen molar-refractivity contribution in [1.82, 2.24) is 4.90 Å². The molecule has 2 saturated heterocycles. The fourth-order valence-corrected chi connectivity index (χ4v) is 5.70. The lowest BCUT2D eigenvalue weighted by Crippen LogP contribution is -2.57. The maximum Gasteiger partial charge on any atom is 0.239 e. The smallest absolute Gasteiger partial charge is 0.239 e. The molecule has 0 spiro atoms. The average Bonchev–Trinajstić information content (AvgIpc) is 2.74. The number of rotatable bonds is 5. The molecule has 3 aliphatic heterocycles. The van der Waals surface area contributed by atoms with Crippen molar-refractivity contribution in [2.24, 2.45) is 17.6 Å². The summed E-state index contributed by atoms with van der Waals surface area (Å²) in [6, 6.07) is 5.61. The number of nitrogens with two attached hydrogens (primary N) is 1. The zero-order valence-corrected chi connectivity index (χ0v) is 19.2. The van der Waals surface area contributed by atoms with Crippen molar-refractivity contribution in [3.63, 3.8) is 0 Å². The predicted octanol–water partition coefficient (Wildman–Crippen LogP) is 3.24. The highest BCUT2D eigenvalue weighted by molar-refractivity contribution is 7.98. The number of benzene rings is 1. The summed E-state index contributed by atoms with van der Waals surface area (Å²) in [5, 5.41) is 0. The lowest BCUT2D eigenvalue weighted by molar-refractivity contribution is -0.189. The maximum absolute atomic E-state index is 12.8. The van der Waals surface area contributed by atoms with E-state index in [2.05, 4.69) is 19.9 Å². The van der Waals surface area contributed by atoms with Gasteiger partial charge in [-0.15, -0.1) is 0 Å². The highest BCUT2D eigenvalue weighted by atomic mass is 32.2. The molecule has 2 fully saturated rings. The summed E-state index contributed by atoms with van der Waals surface area (Å²) >= 11 is 1.73. The van der Waals surface area contributed by atoms with Crippen LogP contribution in [0.5, 0.6) is 11.5 Å².